The Morgan fingerprint density at radius 1 is 1.35 bits per heavy atom. The van der Waals surface area contributed by atoms with Crippen LogP contribution in [0.25, 0.3) is 21.7 Å². The zero-order chi connectivity index (χ0) is 14.3. The van der Waals surface area contributed by atoms with Gasteiger partial charge in [0, 0.05) is 10.0 Å². The average Bonchev–Trinajstić information content (AvgIpc) is 2.99. The molecule has 0 aliphatic rings. The number of nitrogens with two attached hydrogens (primary N) is 1. The van der Waals surface area contributed by atoms with Gasteiger partial charge in [0.15, 0.2) is 5.82 Å². The second-order valence-electron chi connectivity index (χ2n) is 4.06. The maximum Gasteiger partial charge on any atom is 0.153 e. The van der Waals surface area contributed by atoms with E-state index in [9.17, 15) is 4.39 Å². The van der Waals surface area contributed by atoms with Crippen LogP contribution in [0.2, 0.25) is 5.02 Å². The number of aromatic amines is 1. The van der Waals surface area contributed by atoms with Gasteiger partial charge in [-0.2, -0.15) is 5.10 Å². The molecule has 0 fully saturated rings. The number of hydrogen-bond acceptors (Lipinski definition) is 3. The van der Waals surface area contributed by atoms with Crippen LogP contribution in [0, 0.1) is 5.82 Å². The molecule has 102 valence electrons. The van der Waals surface area contributed by atoms with Crippen molar-refractivity contribution in [2.45, 2.75) is 0 Å². The van der Waals surface area contributed by atoms with Crippen LogP contribution >= 0.6 is 38.9 Å². The van der Waals surface area contributed by atoms with Gasteiger partial charge in [-0.15, -0.1) is 11.3 Å². The highest BCUT2D eigenvalue weighted by Crippen LogP contribution is 2.42. The van der Waals surface area contributed by atoms with E-state index < -0.39 is 5.82 Å². The minimum absolute atomic E-state index is 0.0549. The molecule has 3 rings (SSSR count). The number of rotatable bonds is 2. The zero-order valence-electron chi connectivity index (χ0n) is 9.95. The average molecular weight is 373 g/mol. The molecule has 0 bridgehead atoms. The lowest BCUT2D eigenvalue weighted by Crippen LogP contribution is -1.92. The molecule has 3 nitrogen and oxygen atoms in total. The molecule has 0 unspecified atom stereocenters. The Bertz CT molecular complexity index is 784. The van der Waals surface area contributed by atoms with Crippen molar-refractivity contribution >= 4 is 44.7 Å². The molecule has 3 N–H and O–H groups in total. The summed E-state index contributed by atoms with van der Waals surface area (Å²) in [7, 11) is 0. The summed E-state index contributed by atoms with van der Waals surface area (Å²) >= 11 is 10.8. The third-order valence-corrected chi connectivity index (χ3v) is 5.01. The first kappa shape index (κ1) is 13.6. The van der Waals surface area contributed by atoms with Gasteiger partial charge in [-0.05, 0) is 33.4 Å². The fourth-order valence-electron chi connectivity index (χ4n) is 1.96. The first-order chi connectivity index (χ1) is 9.59. The number of nitrogens with zero attached hydrogens (tertiary/aromatic N) is 1. The van der Waals surface area contributed by atoms with Gasteiger partial charge < -0.3 is 5.73 Å². The summed E-state index contributed by atoms with van der Waals surface area (Å²) < 4.78 is 15.1. The summed E-state index contributed by atoms with van der Waals surface area (Å²) in [5.41, 5.74) is 7.41. The Hall–Kier alpha value is -1.37. The first-order valence-electron chi connectivity index (χ1n) is 5.61. The minimum Gasteiger partial charge on any atom is -0.382 e. The van der Waals surface area contributed by atoms with Crippen molar-refractivity contribution in [3.63, 3.8) is 0 Å². The largest absolute Gasteiger partial charge is 0.382 e. The zero-order valence-corrected chi connectivity index (χ0v) is 13.1. The molecular formula is C13H8BrClFN3S. The van der Waals surface area contributed by atoms with Gasteiger partial charge in [-0.25, -0.2) is 4.39 Å². The van der Waals surface area contributed by atoms with Crippen molar-refractivity contribution in [1.82, 2.24) is 10.2 Å². The smallest absolute Gasteiger partial charge is 0.153 e. The summed E-state index contributed by atoms with van der Waals surface area (Å²) in [6.45, 7) is 0. The van der Waals surface area contributed by atoms with Crippen molar-refractivity contribution in [1.29, 1.82) is 0 Å². The highest BCUT2D eigenvalue weighted by molar-refractivity contribution is 9.10. The Kier molecular flexibility index (Phi) is 3.54. The lowest BCUT2D eigenvalue weighted by Gasteiger charge is -2.06. The lowest BCUT2D eigenvalue weighted by molar-refractivity contribution is 0.632. The summed E-state index contributed by atoms with van der Waals surface area (Å²) in [5.74, 6) is -0.266. The molecule has 0 aliphatic carbocycles. The molecule has 2 heterocycles. The van der Waals surface area contributed by atoms with E-state index in [4.69, 9.17) is 17.3 Å². The molecule has 1 aromatic carbocycles. The summed E-state index contributed by atoms with van der Waals surface area (Å²) in [5, 5.41) is 8.83. The monoisotopic (exact) mass is 371 g/mol. The Balaban J connectivity index is 2.27. The third kappa shape index (κ3) is 2.13. The molecule has 20 heavy (non-hydrogen) atoms. The Morgan fingerprint density at radius 2 is 2.15 bits per heavy atom. The van der Waals surface area contributed by atoms with E-state index in [2.05, 4.69) is 26.1 Å². The summed E-state index contributed by atoms with van der Waals surface area (Å²) in [6.07, 6.45) is 0. The molecule has 0 amide bonds. The number of nitrogens with one attached hydrogen (secondary N) is 1. The maximum atomic E-state index is 14.2. The molecule has 0 saturated heterocycles. The fourth-order valence-corrected chi connectivity index (χ4v) is 3.71. The number of H-pyrrole nitrogens is 1. The number of thiophene rings is 1. The highest BCUT2D eigenvalue weighted by Gasteiger charge is 2.21. The predicted octanol–water partition coefficient (Wildman–Crippen LogP) is 4.94. The number of nitrogen functional groups attached to an aromatic ring is 1. The second-order valence-corrected chi connectivity index (χ2v) is 6.24. The Morgan fingerprint density at radius 3 is 2.85 bits per heavy atom. The van der Waals surface area contributed by atoms with Gasteiger partial charge in [0.2, 0.25) is 0 Å². The van der Waals surface area contributed by atoms with E-state index >= 15 is 0 Å². The lowest BCUT2D eigenvalue weighted by atomic mass is 10.0. The van der Waals surface area contributed by atoms with E-state index in [1.807, 2.05) is 11.4 Å². The molecule has 0 spiro atoms. The standard InChI is InChI=1S/C13H8BrClFN3S/c14-7-4-5-20-12(7)11-9(13(17)19-18-11)6-2-1-3-8(15)10(6)16/h1-5H,(H3,17,18,19). The van der Waals surface area contributed by atoms with E-state index in [-0.39, 0.29) is 10.8 Å². The first-order valence-corrected chi connectivity index (χ1v) is 7.66. The van der Waals surface area contributed by atoms with Crippen LogP contribution in [-0.4, -0.2) is 10.2 Å². The molecule has 3 aromatic rings. The fraction of sp³-hybridized carbons (Fsp3) is 0. The SMILES string of the molecule is Nc1n[nH]c(-c2sccc2Br)c1-c1cccc(Cl)c1F. The van der Waals surface area contributed by atoms with Gasteiger partial charge in [0.25, 0.3) is 0 Å². The van der Waals surface area contributed by atoms with Gasteiger partial charge in [-0.3, -0.25) is 5.10 Å². The summed E-state index contributed by atoms with van der Waals surface area (Å²) in [6, 6.07) is 6.72. The van der Waals surface area contributed by atoms with Crippen LogP contribution in [0.4, 0.5) is 10.2 Å². The van der Waals surface area contributed by atoms with Crippen LogP contribution in [-0.2, 0) is 0 Å². The normalized spacial score (nSPS) is 10.9. The Labute approximate surface area is 131 Å². The van der Waals surface area contributed by atoms with Gasteiger partial charge in [0.1, 0.15) is 5.82 Å². The second kappa shape index (κ2) is 5.20. The molecule has 2 aromatic heterocycles. The molecular weight excluding hydrogens is 365 g/mol. The van der Waals surface area contributed by atoms with Gasteiger partial charge in [-0.1, -0.05) is 23.7 Å². The third-order valence-electron chi connectivity index (χ3n) is 2.86. The van der Waals surface area contributed by atoms with Crippen LogP contribution in [0.1, 0.15) is 0 Å². The topological polar surface area (TPSA) is 54.7 Å². The molecule has 0 aliphatic heterocycles. The molecule has 0 saturated carbocycles. The van der Waals surface area contributed by atoms with Crippen LogP contribution in [0.15, 0.2) is 34.1 Å². The van der Waals surface area contributed by atoms with Crippen molar-refractivity contribution < 1.29 is 4.39 Å². The van der Waals surface area contributed by atoms with Crippen molar-refractivity contribution in [2.75, 3.05) is 5.73 Å². The van der Waals surface area contributed by atoms with Crippen LogP contribution in [0.3, 0.4) is 0 Å². The van der Waals surface area contributed by atoms with Crippen molar-refractivity contribution in [3.05, 3.63) is 45.0 Å². The summed E-state index contributed by atoms with van der Waals surface area (Å²) in [4.78, 5) is 0.906. The number of benzene rings is 1. The molecule has 0 atom stereocenters. The van der Waals surface area contributed by atoms with E-state index in [0.29, 0.717) is 16.8 Å². The highest BCUT2D eigenvalue weighted by atomic mass is 79.9. The number of hydrogen-bond donors (Lipinski definition) is 2. The maximum absolute atomic E-state index is 14.2. The van der Waals surface area contributed by atoms with Crippen LogP contribution < -0.4 is 5.73 Å². The number of aromatic nitrogens is 2. The molecule has 0 radical (unpaired) electrons. The van der Waals surface area contributed by atoms with E-state index in [1.54, 1.807) is 12.1 Å². The predicted molar refractivity (Wildman–Crippen MR) is 84.4 cm³/mol. The quantitative estimate of drug-likeness (QED) is 0.669. The molecule has 7 heteroatoms. The van der Waals surface area contributed by atoms with Crippen LogP contribution in [0.5, 0.6) is 0 Å². The number of halogens is 3. The van der Waals surface area contributed by atoms with Gasteiger partial charge in [0.05, 0.1) is 21.2 Å². The van der Waals surface area contributed by atoms with E-state index in [1.165, 1.54) is 17.4 Å². The number of anilines is 1. The van der Waals surface area contributed by atoms with Crippen molar-refractivity contribution in [3.8, 4) is 21.7 Å². The van der Waals surface area contributed by atoms with E-state index in [0.717, 1.165) is 9.35 Å². The van der Waals surface area contributed by atoms with Crippen molar-refractivity contribution in [2.24, 2.45) is 0 Å². The minimum atomic E-state index is -0.504. The van der Waals surface area contributed by atoms with Gasteiger partial charge >= 0.3 is 0 Å².